The predicted octanol–water partition coefficient (Wildman–Crippen LogP) is 14.9. The molecular weight excluding hydrogens is 655 g/mol. The number of para-hydroxylation sites is 2. The van der Waals surface area contributed by atoms with Crippen LogP contribution in [0.5, 0.6) is 0 Å². The first kappa shape index (κ1) is 19.6. The Morgan fingerprint density at radius 2 is 1.00 bits per heavy atom. The summed E-state index contributed by atoms with van der Waals surface area (Å²) >= 11 is 0. The van der Waals surface area contributed by atoms with E-state index in [9.17, 15) is 1.37 Å². The maximum absolute atomic E-state index is 9.55. The number of furan rings is 1. The van der Waals surface area contributed by atoms with E-state index in [1.807, 2.05) is 83.8 Å². The van der Waals surface area contributed by atoms with E-state index in [0.717, 1.165) is 16.8 Å². The first-order valence-corrected chi connectivity index (χ1v) is 17.2. The van der Waals surface area contributed by atoms with Gasteiger partial charge in [-0.3, -0.25) is 0 Å². The van der Waals surface area contributed by atoms with Crippen molar-refractivity contribution < 1.29 is 25.0 Å². The zero-order valence-electron chi connectivity index (χ0n) is 43.4. The maximum Gasteiger partial charge on any atom is 0.136 e. The average molecular weight is 705 g/mol. The van der Waals surface area contributed by atoms with Crippen LogP contribution in [0.3, 0.4) is 0 Å². The summed E-state index contributed by atoms with van der Waals surface area (Å²) in [5, 5.41) is 1.08. The molecule has 0 fully saturated rings. The Balaban J connectivity index is 1.10. The highest BCUT2D eigenvalue weighted by molar-refractivity contribution is 6.19. The van der Waals surface area contributed by atoms with Crippen LogP contribution in [-0.4, -0.2) is 0 Å². The lowest BCUT2D eigenvalue weighted by Crippen LogP contribution is -2.11. The minimum absolute atomic E-state index is 0.00396. The summed E-state index contributed by atoms with van der Waals surface area (Å²) in [5.74, 6) is 0. The highest BCUT2D eigenvalue weighted by atomic mass is 16.3. The van der Waals surface area contributed by atoms with Gasteiger partial charge in [0.25, 0.3) is 0 Å². The quantitative estimate of drug-likeness (QED) is 0.164. The third-order valence-corrected chi connectivity index (χ3v) is 9.36. The van der Waals surface area contributed by atoms with Crippen molar-refractivity contribution in [1.82, 2.24) is 0 Å². The van der Waals surface area contributed by atoms with Gasteiger partial charge in [-0.15, -0.1) is 0 Å². The molecule has 0 amide bonds. The van der Waals surface area contributed by atoms with E-state index < -0.39 is 65.5 Å². The molecule has 10 rings (SSSR count). The smallest absolute Gasteiger partial charge is 0.136 e. The normalized spacial score (nSPS) is 15.2. The predicted molar refractivity (Wildman–Crippen MR) is 228 cm³/mol. The van der Waals surface area contributed by atoms with Gasteiger partial charge in [0.2, 0.25) is 0 Å². The van der Waals surface area contributed by atoms with Crippen molar-refractivity contribution in [1.29, 1.82) is 0 Å². The number of anilines is 3. The number of fused-ring (bicyclic) bond motifs is 5. The van der Waals surface area contributed by atoms with E-state index in [1.165, 1.54) is 6.07 Å². The molecule has 10 aromatic rings. The molecule has 254 valence electrons. The van der Waals surface area contributed by atoms with Crippen LogP contribution >= 0.6 is 0 Å². The minimum Gasteiger partial charge on any atom is -0.456 e. The fourth-order valence-corrected chi connectivity index (χ4v) is 6.77. The molecule has 0 aliphatic carbocycles. The second-order valence-corrected chi connectivity index (χ2v) is 12.6. The minimum atomic E-state index is -0.652. The molecular formula is C52H35NO. The molecule has 0 atom stereocenters. The summed E-state index contributed by atoms with van der Waals surface area (Å²) in [5.41, 5.74) is 4.78. The molecule has 2 heteroatoms. The summed E-state index contributed by atoms with van der Waals surface area (Å²) in [4.78, 5) is 2.02. The van der Waals surface area contributed by atoms with Gasteiger partial charge < -0.3 is 9.32 Å². The number of benzene rings is 9. The van der Waals surface area contributed by atoms with Crippen molar-refractivity contribution in [2.75, 3.05) is 4.90 Å². The lowest BCUT2D eigenvalue weighted by Gasteiger charge is -2.28. The van der Waals surface area contributed by atoms with Gasteiger partial charge >= 0.3 is 0 Å². The van der Waals surface area contributed by atoms with Crippen LogP contribution in [0, 0.1) is 0 Å². The number of hydrogen-bond acceptors (Lipinski definition) is 2. The zero-order chi connectivity index (χ0) is 48.9. The van der Waals surface area contributed by atoms with Crippen LogP contribution < -0.4 is 4.90 Å². The Labute approximate surface area is 335 Å². The molecule has 0 spiro atoms. The zero-order valence-corrected chi connectivity index (χ0v) is 28.4. The molecule has 0 saturated heterocycles. The average Bonchev–Trinajstić information content (AvgIpc) is 3.74. The summed E-state index contributed by atoms with van der Waals surface area (Å²) in [6.45, 7) is 0. The van der Waals surface area contributed by atoms with Crippen LogP contribution in [0.15, 0.2) is 216 Å². The molecule has 0 radical (unpaired) electrons. The van der Waals surface area contributed by atoms with Crippen molar-refractivity contribution in [3.63, 3.8) is 0 Å². The number of nitrogens with zero attached hydrogens (tertiary/aromatic N) is 1. The molecule has 0 aliphatic rings. The Kier molecular flexibility index (Phi) is 4.88. The Hall–Kier alpha value is -7.16. The SMILES string of the molecule is [2H]c1cc2oc3c([2H])c([2H])c4ccc(-c5ccc(N(c6ccc(-c7c([2H])c([2H])c(-c8c([2H])c([2H])c([2H])c([2H])c8[2H])c([2H])c7[2H])cc6)c6ccccc6-c6ccccc6)cc5)c([2H])c4c3c2c([2H])c1[2H]. The summed E-state index contributed by atoms with van der Waals surface area (Å²) in [6, 6.07) is 30.5. The number of hydrogen-bond donors (Lipinski definition) is 0. The third-order valence-electron chi connectivity index (χ3n) is 9.36. The molecule has 9 aromatic carbocycles. The Bertz CT molecular complexity index is 3720. The Morgan fingerprint density at radius 3 is 1.74 bits per heavy atom. The van der Waals surface area contributed by atoms with Gasteiger partial charge in [0, 0.05) is 27.7 Å². The maximum atomic E-state index is 9.55. The highest BCUT2D eigenvalue weighted by Gasteiger charge is 2.18. The van der Waals surface area contributed by atoms with Crippen molar-refractivity contribution in [2.45, 2.75) is 0 Å². The fraction of sp³-hybridized carbons (Fsp3) is 0. The molecule has 1 aromatic heterocycles. The summed E-state index contributed by atoms with van der Waals surface area (Å²) in [6.07, 6.45) is 0. The molecule has 0 bridgehead atoms. The van der Waals surface area contributed by atoms with Gasteiger partial charge in [-0.05, 0) is 98.2 Å². The van der Waals surface area contributed by atoms with Crippen LogP contribution in [0.4, 0.5) is 17.1 Å². The van der Waals surface area contributed by atoms with E-state index in [2.05, 4.69) is 0 Å². The van der Waals surface area contributed by atoms with E-state index in [1.54, 1.807) is 36.4 Å². The molecule has 0 unspecified atom stereocenters. The molecule has 54 heavy (non-hydrogen) atoms. The molecule has 0 N–H and O–H groups in total. The first-order chi connectivity index (χ1) is 33.0. The van der Waals surface area contributed by atoms with E-state index in [0.29, 0.717) is 38.8 Å². The Morgan fingerprint density at radius 1 is 0.389 bits per heavy atom. The topological polar surface area (TPSA) is 16.4 Å². The van der Waals surface area contributed by atoms with Crippen molar-refractivity contribution >= 4 is 49.8 Å². The first-order valence-electron chi connectivity index (χ1n) is 24.7. The van der Waals surface area contributed by atoms with Crippen LogP contribution in [0.25, 0.3) is 77.2 Å². The third kappa shape index (κ3) is 5.71. The number of rotatable bonds is 7. The lowest BCUT2D eigenvalue weighted by molar-refractivity contribution is 0.669. The molecule has 0 saturated carbocycles. The van der Waals surface area contributed by atoms with Crippen LogP contribution in [0.1, 0.15) is 20.6 Å². The molecule has 2 nitrogen and oxygen atoms in total. The summed E-state index contributed by atoms with van der Waals surface area (Å²) < 4.78 is 135. The van der Waals surface area contributed by atoms with Crippen molar-refractivity contribution in [2.24, 2.45) is 0 Å². The lowest BCUT2D eigenvalue weighted by atomic mass is 9.97. The summed E-state index contributed by atoms with van der Waals surface area (Å²) in [7, 11) is 0. The molecule has 0 aliphatic heterocycles. The second kappa shape index (κ2) is 13.4. The van der Waals surface area contributed by atoms with Gasteiger partial charge in [-0.25, -0.2) is 0 Å². The van der Waals surface area contributed by atoms with Gasteiger partial charge in [-0.1, -0.05) is 163 Å². The molecule has 1 heterocycles. The van der Waals surface area contributed by atoms with Crippen molar-refractivity contribution in [3.8, 4) is 44.5 Å². The van der Waals surface area contributed by atoms with Crippen LogP contribution in [0.2, 0.25) is 0 Å². The van der Waals surface area contributed by atoms with Gasteiger partial charge in [0.15, 0.2) is 0 Å². The fourth-order valence-electron chi connectivity index (χ4n) is 6.77. The van der Waals surface area contributed by atoms with Crippen molar-refractivity contribution in [3.05, 3.63) is 212 Å². The van der Waals surface area contributed by atoms with Gasteiger partial charge in [-0.2, -0.15) is 0 Å². The van der Waals surface area contributed by atoms with E-state index in [4.69, 9.17) is 23.6 Å². The van der Waals surface area contributed by atoms with Gasteiger partial charge in [0.05, 0.1) is 26.2 Å². The second-order valence-electron chi connectivity index (χ2n) is 12.6. The van der Waals surface area contributed by atoms with Gasteiger partial charge in [0.1, 0.15) is 11.2 Å². The van der Waals surface area contributed by atoms with Crippen LogP contribution in [-0.2, 0) is 0 Å². The highest BCUT2D eigenvalue weighted by Crippen LogP contribution is 2.42. The van der Waals surface area contributed by atoms with E-state index >= 15 is 0 Å². The monoisotopic (exact) mass is 704 g/mol. The largest absolute Gasteiger partial charge is 0.456 e. The van der Waals surface area contributed by atoms with E-state index in [-0.39, 0.29) is 63.8 Å². The standard InChI is InChI=1S/C52H35NO/c1-3-11-36(12-4-1)37-19-21-38(22-20-37)39-25-30-44(31-26-39)53(49-17-9-7-15-46(49)41-13-5-2-6-14-41)45-32-27-40(28-33-45)43-24-23-42-29-34-51-52(48(42)35-43)47-16-8-10-18-50(47)54-51/h1-35H/i1D,3D,4D,8D,10D,11D,12D,16D,19D,20D,21D,22D,29D,34D,35D.